The largest absolute Gasteiger partial charge is 0.354 e. The zero-order valence-electron chi connectivity index (χ0n) is 15.3. The lowest BCUT2D eigenvalue weighted by Gasteiger charge is -2.09. The van der Waals surface area contributed by atoms with E-state index in [2.05, 4.69) is 20.6 Å². The molecule has 1 aromatic heterocycles. The summed E-state index contributed by atoms with van der Waals surface area (Å²) in [5.74, 6) is -0.210. The van der Waals surface area contributed by atoms with Crippen LogP contribution in [-0.4, -0.2) is 22.4 Å². The molecule has 0 atom stereocenters. The fourth-order valence-corrected chi connectivity index (χ4v) is 2.59. The average molecular weight is 364 g/mol. The molecule has 0 radical (unpaired) electrons. The number of rotatable bonds is 6. The molecule has 3 rings (SSSR count). The van der Waals surface area contributed by atoms with Crippen LogP contribution < -0.4 is 10.6 Å². The number of anilines is 2. The number of hydrogen-bond acceptors (Lipinski definition) is 4. The summed E-state index contributed by atoms with van der Waals surface area (Å²) in [6.45, 7) is 4.47. The average Bonchev–Trinajstić information content (AvgIpc) is 2.66. The molecule has 1 amide bonds. The number of hydrogen-bond donors (Lipinski definition) is 2. The molecule has 6 heteroatoms. The van der Waals surface area contributed by atoms with Gasteiger partial charge in [-0.05, 0) is 61.2 Å². The lowest BCUT2D eigenvalue weighted by atomic mass is 10.1. The summed E-state index contributed by atoms with van der Waals surface area (Å²) in [5.41, 5.74) is 3.86. The van der Waals surface area contributed by atoms with Crippen LogP contribution in [0, 0.1) is 19.7 Å². The van der Waals surface area contributed by atoms with Crippen molar-refractivity contribution in [3.05, 3.63) is 82.9 Å². The van der Waals surface area contributed by atoms with Crippen LogP contribution in [-0.2, 0) is 6.42 Å². The van der Waals surface area contributed by atoms with E-state index < -0.39 is 0 Å². The summed E-state index contributed by atoms with van der Waals surface area (Å²) in [4.78, 5) is 20.8. The minimum Gasteiger partial charge on any atom is -0.354 e. The van der Waals surface area contributed by atoms with E-state index >= 15 is 0 Å². The SMILES string of the molecule is Cc1ccc(NC(=O)c2ccnc(NCCc3ccccc3F)n2)cc1C. The van der Waals surface area contributed by atoms with E-state index in [1.807, 2.05) is 32.0 Å². The Morgan fingerprint density at radius 1 is 1.07 bits per heavy atom. The highest BCUT2D eigenvalue weighted by atomic mass is 19.1. The Labute approximate surface area is 157 Å². The topological polar surface area (TPSA) is 66.9 Å². The van der Waals surface area contributed by atoms with E-state index in [0.29, 0.717) is 24.5 Å². The van der Waals surface area contributed by atoms with Crippen molar-refractivity contribution < 1.29 is 9.18 Å². The van der Waals surface area contributed by atoms with Crippen molar-refractivity contribution in [3.8, 4) is 0 Å². The van der Waals surface area contributed by atoms with Gasteiger partial charge in [0.2, 0.25) is 5.95 Å². The van der Waals surface area contributed by atoms with E-state index in [1.54, 1.807) is 24.3 Å². The van der Waals surface area contributed by atoms with Gasteiger partial charge in [-0.15, -0.1) is 0 Å². The third-order valence-electron chi connectivity index (χ3n) is 4.29. The van der Waals surface area contributed by atoms with E-state index in [0.717, 1.165) is 16.8 Å². The fraction of sp³-hybridized carbons (Fsp3) is 0.190. The van der Waals surface area contributed by atoms with Crippen molar-refractivity contribution in [2.75, 3.05) is 17.2 Å². The van der Waals surface area contributed by atoms with Crippen molar-refractivity contribution in [2.24, 2.45) is 0 Å². The molecule has 0 aliphatic carbocycles. The van der Waals surface area contributed by atoms with Gasteiger partial charge in [0.1, 0.15) is 11.5 Å². The highest BCUT2D eigenvalue weighted by Gasteiger charge is 2.10. The Morgan fingerprint density at radius 3 is 2.67 bits per heavy atom. The molecule has 0 saturated heterocycles. The van der Waals surface area contributed by atoms with Crippen LogP contribution in [0.25, 0.3) is 0 Å². The zero-order valence-corrected chi connectivity index (χ0v) is 15.3. The van der Waals surface area contributed by atoms with Gasteiger partial charge in [-0.3, -0.25) is 4.79 Å². The minimum atomic E-state index is -0.308. The maximum atomic E-state index is 13.6. The second kappa shape index (κ2) is 8.40. The van der Waals surface area contributed by atoms with Crippen LogP contribution in [0.4, 0.5) is 16.0 Å². The van der Waals surface area contributed by atoms with E-state index in [1.165, 1.54) is 12.3 Å². The maximum absolute atomic E-state index is 13.6. The summed E-state index contributed by atoms with van der Waals surface area (Å²) in [5, 5.41) is 5.86. The molecular weight excluding hydrogens is 343 g/mol. The quantitative estimate of drug-likeness (QED) is 0.690. The van der Waals surface area contributed by atoms with Gasteiger partial charge in [-0.2, -0.15) is 0 Å². The third-order valence-corrected chi connectivity index (χ3v) is 4.29. The molecule has 0 aliphatic heterocycles. The first-order valence-electron chi connectivity index (χ1n) is 8.72. The molecule has 2 aromatic carbocycles. The Bertz CT molecular complexity index is 958. The van der Waals surface area contributed by atoms with E-state index in [-0.39, 0.29) is 17.4 Å². The number of carbonyl (C=O) groups excluding carboxylic acids is 1. The Hall–Kier alpha value is -3.28. The monoisotopic (exact) mass is 364 g/mol. The van der Waals surface area contributed by atoms with Gasteiger partial charge in [-0.1, -0.05) is 24.3 Å². The highest BCUT2D eigenvalue weighted by Crippen LogP contribution is 2.15. The molecule has 1 heterocycles. The second-order valence-corrected chi connectivity index (χ2v) is 6.29. The molecule has 0 saturated carbocycles. The van der Waals surface area contributed by atoms with Gasteiger partial charge in [0.15, 0.2) is 0 Å². The molecule has 0 fully saturated rings. The van der Waals surface area contributed by atoms with Crippen LogP contribution in [0.1, 0.15) is 27.2 Å². The third kappa shape index (κ3) is 4.88. The number of nitrogens with one attached hydrogen (secondary N) is 2. The summed E-state index contributed by atoms with van der Waals surface area (Å²) in [6, 6.07) is 13.9. The number of nitrogens with zero attached hydrogens (tertiary/aromatic N) is 2. The maximum Gasteiger partial charge on any atom is 0.274 e. The molecule has 0 unspecified atom stereocenters. The van der Waals surface area contributed by atoms with Gasteiger partial charge in [-0.25, -0.2) is 14.4 Å². The van der Waals surface area contributed by atoms with Gasteiger partial charge < -0.3 is 10.6 Å². The first-order valence-corrected chi connectivity index (χ1v) is 8.72. The van der Waals surface area contributed by atoms with E-state index in [9.17, 15) is 9.18 Å². The number of aryl methyl sites for hydroxylation is 2. The first kappa shape index (κ1) is 18.5. The number of benzene rings is 2. The van der Waals surface area contributed by atoms with Gasteiger partial charge >= 0.3 is 0 Å². The Morgan fingerprint density at radius 2 is 1.89 bits per heavy atom. The van der Waals surface area contributed by atoms with Gasteiger partial charge in [0, 0.05) is 18.4 Å². The summed E-state index contributed by atoms with van der Waals surface area (Å²) >= 11 is 0. The fourth-order valence-electron chi connectivity index (χ4n) is 2.59. The summed E-state index contributed by atoms with van der Waals surface area (Å²) in [6.07, 6.45) is 2.02. The van der Waals surface area contributed by atoms with Crippen LogP contribution >= 0.6 is 0 Å². The lowest BCUT2D eigenvalue weighted by Crippen LogP contribution is -2.16. The molecular formula is C21H21FN4O. The van der Waals surface area contributed by atoms with Crippen LogP contribution in [0.2, 0.25) is 0 Å². The van der Waals surface area contributed by atoms with E-state index in [4.69, 9.17) is 0 Å². The molecule has 2 N–H and O–H groups in total. The molecule has 27 heavy (non-hydrogen) atoms. The standard InChI is InChI=1S/C21H21FN4O/c1-14-7-8-17(13-15(14)2)25-20(27)19-10-12-24-21(26-19)23-11-9-16-5-3-4-6-18(16)22/h3-8,10,12-13H,9,11H2,1-2H3,(H,25,27)(H,23,24,26). The zero-order chi connectivity index (χ0) is 19.2. The molecule has 0 spiro atoms. The number of carbonyl (C=O) groups is 1. The number of amides is 1. The van der Waals surface area contributed by atoms with Crippen LogP contribution in [0.15, 0.2) is 54.7 Å². The van der Waals surface area contributed by atoms with Crippen molar-refractivity contribution in [2.45, 2.75) is 20.3 Å². The molecule has 5 nitrogen and oxygen atoms in total. The predicted molar refractivity (Wildman–Crippen MR) is 104 cm³/mol. The summed E-state index contributed by atoms with van der Waals surface area (Å²) < 4.78 is 13.6. The summed E-state index contributed by atoms with van der Waals surface area (Å²) in [7, 11) is 0. The first-order chi connectivity index (χ1) is 13.0. The van der Waals surface area contributed by atoms with Gasteiger partial charge in [0.05, 0.1) is 0 Å². The smallest absolute Gasteiger partial charge is 0.274 e. The molecule has 0 bridgehead atoms. The lowest BCUT2D eigenvalue weighted by molar-refractivity contribution is 0.102. The predicted octanol–water partition coefficient (Wildman–Crippen LogP) is 4.14. The minimum absolute atomic E-state index is 0.235. The molecule has 0 aliphatic rings. The normalized spacial score (nSPS) is 10.5. The number of aromatic nitrogens is 2. The van der Waals surface area contributed by atoms with Gasteiger partial charge in [0.25, 0.3) is 5.91 Å². The highest BCUT2D eigenvalue weighted by molar-refractivity contribution is 6.03. The van der Waals surface area contributed by atoms with Crippen molar-refractivity contribution >= 4 is 17.5 Å². The van der Waals surface area contributed by atoms with Crippen LogP contribution in [0.5, 0.6) is 0 Å². The Balaban J connectivity index is 1.61. The van der Waals surface area contributed by atoms with Crippen molar-refractivity contribution in [3.63, 3.8) is 0 Å². The molecule has 138 valence electrons. The van der Waals surface area contributed by atoms with Crippen LogP contribution in [0.3, 0.4) is 0 Å². The number of halogens is 1. The Kier molecular flexibility index (Phi) is 5.76. The molecule has 3 aromatic rings. The van der Waals surface area contributed by atoms with Crippen molar-refractivity contribution in [1.82, 2.24) is 9.97 Å². The second-order valence-electron chi connectivity index (χ2n) is 6.29. The van der Waals surface area contributed by atoms with Crippen molar-refractivity contribution in [1.29, 1.82) is 0 Å².